The number of hydrogen-bond donors (Lipinski definition) is 8. The van der Waals surface area contributed by atoms with Gasteiger partial charge in [-0.1, -0.05) is 6.07 Å². The lowest BCUT2D eigenvalue weighted by molar-refractivity contribution is 0.228. The number of piperidine rings is 2. The molecule has 44 heteroatoms. The molecule has 12 N–H and O–H groups in total. The van der Waals surface area contributed by atoms with Gasteiger partial charge in [0.15, 0.2) is 63.8 Å². The molecule has 4 aliphatic heterocycles. The number of ether oxygens (including phenoxy) is 3. The zero-order valence-electron chi connectivity index (χ0n) is 73.9. The van der Waals surface area contributed by atoms with Gasteiger partial charge in [0.2, 0.25) is 17.5 Å². The average molecular weight is 1870 g/mol. The van der Waals surface area contributed by atoms with Crippen molar-refractivity contribution in [1.29, 1.82) is 0 Å². The highest BCUT2D eigenvalue weighted by Gasteiger charge is 2.31. The minimum atomic E-state index is -1.14. The standard InChI is InChI=1S/C23H25F2N9O.C23H24FN7S.C22H23F2N9O.C22H21F2N7OS/c1-13(2)35-19-4-3-18(20(24)21(19)25)34-23(30-31-32-34)17-9-14(10-28-22(17)26)15-11-29-33(12-15)16-5-7-27-8-6-16;1-12-4-5-18(21(24)14(12)3)31-23(28-29-30-31)17-9-16(11-27-22(17)25)20-10-15-8-13(2)26-7-6-19(15)32-20;1-2-34-18-4-3-17(19(23)20(18)24)33-22(29-30-31-33)16-9-13(10-27-21(16)25)14-11-28-32(12-14)15-5-7-26-8-6-15;1-11-7-12-9-18(33-17(12)5-6-26-11)13-8-14(21(25)27-10-13)22-28-29-30-31(22)15-3-4-16(32-2)20(24)19(15)23/h3-4,9-13,16,27H,5-8H2,1-2H3,(H2,26,28);4-5,9-11,13,26H,6-8H2,1-3H3,(H2,25,27);3-4,9-12,15,26H,2,5-8H2,1H3,(H2,25,27);3-4,8-11,26H,5-7H2,1-2H3,(H2,25,27). The van der Waals surface area contributed by atoms with Crippen LogP contribution in [-0.4, -0.2) is 191 Å². The van der Waals surface area contributed by atoms with E-state index in [-0.39, 0.29) is 93.5 Å². The zero-order valence-corrected chi connectivity index (χ0v) is 75.6. The fraction of sp³-hybridized carbons (Fsp3) is 0.311. The van der Waals surface area contributed by atoms with Crippen LogP contribution in [0, 0.1) is 54.6 Å². The first kappa shape index (κ1) is 91.4. The quantitative estimate of drug-likeness (QED) is 0.0349. The highest BCUT2D eigenvalue weighted by molar-refractivity contribution is 7.16. The van der Waals surface area contributed by atoms with Crippen LogP contribution in [0.3, 0.4) is 0 Å². The largest absolute Gasteiger partial charge is 0.494 e. The van der Waals surface area contributed by atoms with Gasteiger partial charge in [0.1, 0.15) is 46.0 Å². The fourth-order valence-corrected chi connectivity index (χ4v) is 18.5. The second-order valence-corrected chi connectivity index (χ2v) is 35.0. The van der Waals surface area contributed by atoms with Gasteiger partial charge in [-0.25, -0.2) is 37.5 Å². The van der Waals surface area contributed by atoms with E-state index in [0.717, 1.165) is 153 Å². The molecule has 2 fully saturated rings. The molecule has 0 saturated carbocycles. The van der Waals surface area contributed by atoms with Crippen LogP contribution in [0.4, 0.5) is 54.0 Å². The number of rotatable bonds is 19. The number of nitrogens with zero attached hydrogens (tertiary/aromatic N) is 24. The molecule has 2 unspecified atom stereocenters. The van der Waals surface area contributed by atoms with Crippen LogP contribution in [0.25, 0.3) is 111 Å². The van der Waals surface area contributed by atoms with Crippen molar-refractivity contribution in [1.82, 2.24) is 142 Å². The predicted molar refractivity (Wildman–Crippen MR) is 491 cm³/mol. The van der Waals surface area contributed by atoms with Crippen molar-refractivity contribution in [3.05, 3.63) is 207 Å². The van der Waals surface area contributed by atoms with Crippen LogP contribution < -0.4 is 58.4 Å². The number of aryl methyl sites for hydroxylation is 1. The molecular formula is C90H93F7N32O3S2. The first-order valence-corrected chi connectivity index (χ1v) is 44.9. The number of tetrazole rings is 4. The van der Waals surface area contributed by atoms with Crippen molar-refractivity contribution in [2.24, 2.45) is 0 Å². The Kier molecular flexibility index (Phi) is 27.2. The van der Waals surface area contributed by atoms with Gasteiger partial charge >= 0.3 is 0 Å². The van der Waals surface area contributed by atoms with E-state index in [0.29, 0.717) is 63.6 Å². The summed E-state index contributed by atoms with van der Waals surface area (Å²) in [5, 5.41) is 69.3. The highest BCUT2D eigenvalue weighted by atomic mass is 32.1. The number of fused-ring (bicyclic) bond motifs is 2. The molecular weight excluding hydrogens is 1770 g/mol. The van der Waals surface area contributed by atoms with Crippen LogP contribution in [0.1, 0.15) is 104 Å². The molecule has 2 saturated heterocycles. The lowest BCUT2D eigenvalue weighted by Gasteiger charge is -2.22. The van der Waals surface area contributed by atoms with Gasteiger partial charge in [-0.05, 0) is 269 Å². The third-order valence-electron chi connectivity index (χ3n) is 23.4. The molecule has 2 atom stereocenters. The number of anilines is 4. The van der Waals surface area contributed by atoms with Crippen molar-refractivity contribution in [3.63, 3.8) is 0 Å². The number of hydrogen-bond acceptors (Lipinski definition) is 31. The fourth-order valence-electron chi connectivity index (χ4n) is 16.2. The van der Waals surface area contributed by atoms with E-state index in [4.69, 9.17) is 37.1 Å². The van der Waals surface area contributed by atoms with E-state index in [9.17, 15) is 30.7 Å². The van der Waals surface area contributed by atoms with Crippen LogP contribution in [0.5, 0.6) is 17.2 Å². The Morgan fingerprint density at radius 2 is 0.791 bits per heavy atom. The Hall–Kier alpha value is -14.5. The molecule has 0 bridgehead atoms. The minimum absolute atomic E-state index is 0.124. The summed E-state index contributed by atoms with van der Waals surface area (Å²) in [6, 6.07) is 24.8. The number of aromatic nitrogens is 24. The van der Waals surface area contributed by atoms with Gasteiger partial charge in [0, 0.05) is 115 Å². The number of nitrogen functional groups attached to an aromatic ring is 4. The van der Waals surface area contributed by atoms with E-state index >= 15 is 0 Å². The molecule has 16 heterocycles. The van der Waals surface area contributed by atoms with Gasteiger partial charge in [0.25, 0.3) is 0 Å². The molecule has 16 aromatic rings. The Morgan fingerprint density at radius 3 is 1.19 bits per heavy atom. The third kappa shape index (κ3) is 19.2. The summed E-state index contributed by atoms with van der Waals surface area (Å²) in [6.45, 7) is 19.1. The van der Waals surface area contributed by atoms with Crippen molar-refractivity contribution < 1.29 is 44.9 Å². The summed E-state index contributed by atoms with van der Waals surface area (Å²) in [5.74, 6) is -6.18. The van der Waals surface area contributed by atoms with Crippen LogP contribution in [0.15, 0.2) is 135 Å². The first-order chi connectivity index (χ1) is 64.9. The van der Waals surface area contributed by atoms with Gasteiger partial charge in [0.05, 0.1) is 66.6 Å². The average Bonchev–Trinajstić information content (AvgIpc) is 1.60. The Labute approximate surface area is 770 Å². The van der Waals surface area contributed by atoms with Crippen LogP contribution in [-0.2, 0) is 25.7 Å². The summed E-state index contributed by atoms with van der Waals surface area (Å²) < 4.78 is 127. The number of methoxy groups -OCH3 is 1. The number of pyridine rings is 4. The van der Waals surface area contributed by atoms with Crippen molar-refractivity contribution in [2.75, 3.05) is 75.9 Å². The first-order valence-electron chi connectivity index (χ1n) is 43.3. The molecule has 0 radical (unpaired) electrons. The van der Waals surface area contributed by atoms with E-state index in [1.54, 1.807) is 106 Å². The second kappa shape index (κ2) is 39.9. The van der Waals surface area contributed by atoms with Crippen molar-refractivity contribution >= 4 is 45.9 Å². The maximum absolute atomic E-state index is 15.0. The van der Waals surface area contributed by atoms with E-state index < -0.39 is 34.9 Å². The van der Waals surface area contributed by atoms with E-state index in [2.05, 4.69) is 139 Å². The molecule has 4 aromatic carbocycles. The number of nitrogens with one attached hydrogen (secondary N) is 4. The number of halogens is 7. The SMILES string of the molecule is CC(C)Oc1ccc(-n2nnnc2-c2cc(-c3cnn(C4CCNCC4)c3)cnc2N)c(F)c1F.CCOc1ccc(-n2nnnc2-c2cc(-c3cnn(C4CCNCC4)c3)cnc2N)c(F)c1F.COc1ccc(-n2nnnc2-c2cc(-c3cc4c(s3)CCNC(C)C4)cnc2N)c(F)c1F.Cc1ccc(-n2nnnc2-c2cc(-c3cc4c(s3)CCNC(C)C4)cnc2N)c(F)c1C. The van der Waals surface area contributed by atoms with E-state index in [1.807, 2.05) is 46.9 Å². The Bertz CT molecular complexity index is 6930. The molecule has 12 aromatic heterocycles. The summed E-state index contributed by atoms with van der Waals surface area (Å²) in [5.41, 5.74) is 35.3. The smallest absolute Gasteiger partial charge is 0.202 e. The second-order valence-electron chi connectivity index (χ2n) is 32.7. The Balaban J connectivity index is 0.000000124. The molecule has 692 valence electrons. The molecule has 20 rings (SSSR count). The Morgan fingerprint density at radius 1 is 0.433 bits per heavy atom. The van der Waals surface area contributed by atoms with E-state index in [1.165, 1.54) is 69.1 Å². The third-order valence-corrected chi connectivity index (χ3v) is 25.9. The number of nitrogens with two attached hydrogens (primary N) is 4. The minimum Gasteiger partial charge on any atom is -0.494 e. The van der Waals surface area contributed by atoms with Gasteiger partial charge in [-0.2, -0.15) is 42.1 Å². The number of thiophene rings is 2. The molecule has 35 nitrogen and oxygen atoms in total. The molecule has 0 amide bonds. The van der Waals surface area contributed by atoms with Crippen molar-refractivity contribution in [2.45, 2.75) is 130 Å². The molecule has 134 heavy (non-hydrogen) atoms. The number of benzene rings is 4. The normalized spacial score (nSPS) is 15.2. The summed E-state index contributed by atoms with van der Waals surface area (Å²) >= 11 is 3.50. The summed E-state index contributed by atoms with van der Waals surface area (Å²) in [6.07, 6.45) is 21.9. The maximum Gasteiger partial charge on any atom is 0.202 e. The predicted octanol–water partition coefficient (Wildman–Crippen LogP) is 13.2. The van der Waals surface area contributed by atoms with Crippen LogP contribution in [0.2, 0.25) is 0 Å². The monoisotopic (exact) mass is 1870 g/mol. The van der Waals surface area contributed by atoms with Gasteiger partial charge in [-0.15, -0.1) is 43.1 Å². The molecule has 0 spiro atoms. The van der Waals surface area contributed by atoms with Crippen molar-refractivity contribution in [3.8, 4) is 129 Å². The lowest BCUT2D eigenvalue weighted by atomic mass is 10.1. The molecule has 0 aliphatic carbocycles. The zero-order chi connectivity index (χ0) is 93.7. The van der Waals surface area contributed by atoms with Gasteiger partial charge < -0.3 is 58.4 Å². The lowest BCUT2D eigenvalue weighted by Crippen LogP contribution is -2.29. The highest BCUT2D eigenvalue weighted by Crippen LogP contribution is 2.42. The summed E-state index contributed by atoms with van der Waals surface area (Å²) in [4.78, 5) is 22.2. The van der Waals surface area contributed by atoms with Gasteiger partial charge in [-0.3, -0.25) is 9.36 Å². The van der Waals surface area contributed by atoms with Crippen LogP contribution >= 0.6 is 22.7 Å². The summed E-state index contributed by atoms with van der Waals surface area (Å²) in [7, 11) is 1.26. The molecule has 4 aliphatic rings. The maximum atomic E-state index is 15.0. The topological polar surface area (TPSA) is 441 Å².